The summed E-state index contributed by atoms with van der Waals surface area (Å²) in [5.41, 5.74) is 6.54. The number of aryl methyl sites for hydroxylation is 1. The van der Waals surface area contributed by atoms with Gasteiger partial charge in [0.15, 0.2) is 0 Å². The quantitative estimate of drug-likeness (QED) is 0.763. The number of hydrogen-bond donors (Lipinski definition) is 3. The highest BCUT2D eigenvalue weighted by atomic mass is 16.3. The van der Waals surface area contributed by atoms with E-state index < -0.39 is 5.54 Å². The summed E-state index contributed by atoms with van der Waals surface area (Å²) in [6.45, 7) is 8.35. The molecule has 0 heterocycles. The Morgan fingerprint density at radius 2 is 2.11 bits per heavy atom. The van der Waals surface area contributed by atoms with Gasteiger partial charge in [-0.2, -0.15) is 0 Å². The third kappa shape index (κ3) is 4.24. The lowest BCUT2D eigenvalue weighted by molar-refractivity contribution is 0.0895. The van der Waals surface area contributed by atoms with Gasteiger partial charge in [0, 0.05) is 12.1 Å². The van der Waals surface area contributed by atoms with Crippen LogP contribution in [0.2, 0.25) is 0 Å². The third-order valence-electron chi connectivity index (χ3n) is 3.12. The van der Waals surface area contributed by atoms with E-state index in [1.54, 1.807) is 12.1 Å². The summed E-state index contributed by atoms with van der Waals surface area (Å²) in [6.07, 6.45) is 0.793. The highest BCUT2D eigenvalue weighted by molar-refractivity contribution is 5.97. The molecule has 0 aromatic heterocycles. The average molecular weight is 264 g/mol. The van der Waals surface area contributed by atoms with Gasteiger partial charge in [-0.05, 0) is 38.3 Å². The van der Waals surface area contributed by atoms with E-state index in [4.69, 9.17) is 5.73 Å². The molecule has 4 N–H and O–H groups in total. The number of rotatable bonds is 5. The van der Waals surface area contributed by atoms with Gasteiger partial charge in [0.05, 0.1) is 5.56 Å². The Bertz CT molecular complexity index is 457. The van der Waals surface area contributed by atoms with Crippen molar-refractivity contribution in [3.8, 4) is 5.75 Å². The van der Waals surface area contributed by atoms with Crippen LogP contribution in [0.4, 0.5) is 0 Å². The van der Waals surface area contributed by atoms with E-state index in [2.05, 4.69) is 19.2 Å². The topological polar surface area (TPSA) is 75.3 Å². The summed E-state index contributed by atoms with van der Waals surface area (Å²) in [4.78, 5) is 12.2. The average Bonchev–Trinajstić information content (AvgIpc) is 2.31. The van der Waals surface area contributed by atoms with Crippen LogP contribution in [0.3, 0.4) is 0 Å². The second-order valence-electron chi connectivity index (χ2n) is 5.84. The van der Waals surface area contributed by atoms with Gasteiger partial charge in [-0.1, -0.05) is 25.5 Å². The van der Waals surface area contributed by atoms with Crippen molar-refractivity contribution in [1.82, 2.24) is 5.32 Å². The van der Waals surface area contributed by atoms with Crippen molar-refractivity contribution in [2.45, 2.75) is 39.7 Å². The van der Waals surface area contributed by atoms with Crippen LogP contribution in [0.5, 0.6) is 5.75 Å². The standard InChI is InChI=1S/C15H24N2O2/c1-10(2)8-15(4,9-16)17-14(19)12-7-11(3)5-6-13(12)18/h5-7,10,18H,8-9,16H2,1-4H3,(H,17,19). The Labute approximate surface area is 115 Å². The van der Waals surface area contributed by atoms with Crippen molar-refractivity contribution < 1.29 is 9.90 Å². The number of phenolic OH excluding ortho intramolecular Hbond substituents is 1. The number of nitrogens with one attached hydrogen (secondary N) is 1. The Hall–Kier alpha value is -1.55. The molecule has 1 amide bonds. The number of carbonyl (C=O) groups excluding carboxylic acids is 1. The van der Waals surface area contributed by atoms with Gasteiger partial charge in [-0.25, -0.2) is 0 Å². The second-order valence-corrected chi connectivity index (χ2v) is 5.84. The molecule has 0 aliphatic rings. The molecule has 0 saturated heterocycles. The van der Waals surface area contributed by atoms with E-state index >= 15 is 0 Å². The number of nitrogens with two attached hydrogens (primary N) is 1. The number of carbonyl (C=O) groups is 1. The summed E-state index contributed by atoms with van der Waals surface area (Å²) < 4.78 is 0. The highest BCUT2D eigenvalue weighted by Gasteiger charge is 2.27. The van der Waals surface area contributed by atoms with Crippen LogP contribution < -0.4 is 11.1 Å². The van der Waals surface area contributed by atoms with E-state index in [1.807, 2.05) is 13.8 Å². The highest BCUT2D eigenvalue weighted by Crippen LogP contribution is 2.21. The van der Waals surface area contributed by atoms with E-state index in [0.29, 0.717) is 18.0 Å². The molecule has 0 bridgehead atoms. The predicted octanol–water partition coefficient (Wildman–Crippen LogP) is 2.19. The van der Waals surface area contributed by atoms with Crippen LogP contribution in [0.25, 0.3) is 0 Å². The van der Waals surface area contributed by atoms with Crippen molar-refractivity contribution in [2.75, 3.05) is 6.54 Å². The van der Waals surface area contributed by atoms with Crippen LogP contribution in [-0.4, -0.2) is 23.1 Å². The maximum atomic E-state index is 12.2. The molecule has 1 aromatic carbocycles. The number of aromatic hydroxyl groups is 1. The smallest absolute Gasteiger partial charge is 0.255 e. The molecule has 19 heavy (non-hydrogen) atoms. The fourth-order valence-corrected chi connectivity index (χ4v) is 2.26. The molecule has 4 heteroatoms. The Balaban J connectivity index is 2.91. The van der Waals surface area contributed by atoms with Crippen LogP contribution in [-0.2, 0) is 0 Å². The Kier molecular flexibility index (Phi) is 4.95. The van der Waals surface area contributed by atoms with Crippen molar-refractivity contribution in [3.05, 3.63) is 29.3 Å². The first-order valence-electron chi connectivity index (χ1n) is 6.59. The molecule has 0 fully saturated rings. The lowest BCUT2D eigenvalue weighted by Crippen LogP contribution is -2.52. The third-order valence-corrected chi connectivity index (χ3v) is 3.12. The Morgan fingerprint density at radius 3 is 2.63 bits per heavy atom. The van der Waals surface area contributed by atoms with Crippen molar-refractivity contribution in [1.29, 1.82) is 0 Å². The predicted molar refractivity (Wildman–Crippen MR) is 77.2 cm³/mol. The molecule has 0 aliphatic heterocycles. The van der Waals surface area contributed by atoms with Crippen LogP contribution in [0.15, 0.2) is 18.2 Å². The van der Waals surface area contributed by atoms with Gasteiger partial charge < -0.3 is 16.2 Å². The molecule has 1 atom stereocenters. The number of phenols is 1. The van der Waals surface area contributed by atoms with Gasteiger partial charge in [0.1, 0.15) is 5.75 Å². The van der Waals surface area contributed by atoms with Gasteiger partial charge in [-0.15, -0.1) is 0 Å². The maximum absolute atomic E-state index is 12.2. The van der Waals surface area contributed by atoms with Gasteiger partial charge in [0.25, 0.3) is 5.91 Å². The lowest BCUT2D eigenvalue weighted by atomic mass is 9.90. The minimum atomic E-state index is -0.457. The summed E-state index contributed by atoms with van der Waals surface area (Å²) in [7, 11) is 0. The van der Waals surface area contributed by atoms with Crippen LogP contribution in [0, 0.1) is 12.8 Å². The summed E-state index contributed by atoms with van der Waals surface area (Å²) in [5.74, 6) is 0.141. The normalized spacial score (nSPS) is 14.2. The summed E-state index contributed by atoms with van der Waals surface area (Å²) >= 11 is 0. The van der Waals surface area contributed by atoms with E-state index in [0.717, 1.165) is 12.0 Å². The molecule has 106 valence electrons. The molecule has 1 rings (SSSR count). The molecule has 0 aliphatic carbocycles. The lowest BCUT2D eigenvalue weighted by Gasteiger charge is -2.31. The van der Waals surface area contributed by atoms with Crippen molar-refractivity contribution in [3.63, 3.8) is 0 Å². The molecular formula is C15H24N2O2. The summed E-state index contributed by atoms with van der Waals surface area (Å²) in [6, 6.07) is 4.98. The maximum Gasteiger partial charge on any atom is 0.255 e. The van der Waals surface area contributed by atoms with E-state index in [1.165, 1.54) is 6.07 Å². The molecule has 0 radical (unpaired) electrons. The zero-order chi connectivity index (χ0) is 14.6. The number of benzene rings is 1. The Morgan fingerprint density at radius 1 is 1.47 bits per heavy atom. The zero-order valence-corrected chi connectivity index (χ0v) is 12.2. The van der Waals surface area contributed by atoms with Crippen molar-refractivity contribution in [2.24, 2.45) is 11.7 Å². The van der Waals surface area contributed by atoms with Gasteiger partial charge in [-0.3, -0.25) is 4.79 Å². The number of hydrogen-bond acceptors (Lipinski definition) is 3. The van der Waals surface area contributed by atoms with Gasteiger partial charge >= 0.3 is 0 Å². The van der Waals surface area contributed by atoms with Crippen molar-refractivity contribution >= 4 is 5.91 Å². The zero-order valence-electron chi connectivity index (χ0n) is 12.2. The monoisotopic (exact) mass is 264 g/mol. The first-order valence-corrected chi connectivity index (χ1v) is 6.59. The molecular weight excluding hydrogens is 240 g/mol. The first-order chi connectivity index (χ1) is 8.77. The SMILES string of the molecule is Cc1ccc(O)c(C(=O)NC(C)(CN)CC(C)C)c1. The minimum Gasteiger partial charge on any atom is -0.507 e. The van der Waals surface area contributed by atoms with Crippen LogP contribution in [0.1, 0.15) is 43.1 Å². The molecule has 1 aromatic rings. The molecule has 0 spiro atoms. The largest absolute Gasteiger partial charge is 0.507 e. The fraction of sp³-hybridized carbons (Fsp3) is 0.533. The van der Waals surface area contributed by atoms with E-state index in [-0.39, 0.29) is 11.7 Å². The van der Waals surface area contributed by atoms with Gasteiger partial charge in [0.2, 0.25) is 0 Å². The molecule has 4 nitrogen and oxygen atoms in total. The molecule has 0 saturated carbocycles. The summed E-state index contributed by atoms with van der Waals surface area (Å²) in [5, 5.41) is 12.7. The first kappa shape index (κ1) is 15.5. The fourth-order valence-electron chi connectivity index (χ4n) is 2.26. The molecule has 1 unspecified atom stereocenters. The van der Waals surface area contributed by atoms with E-state index in [9.17, 15) is 9.90 Å². The second kappa shape index (κ2) is 6.06. The van der Waals surface area contributed by atoms with Crippen LogP contribution >= 0.6 is 0 Å². The number of amides is 1. The minimum absolute atomic E-state index is 0.00739.